The van der Waals surface area contributed by atoms with Gasteiger partial charge in [-0.1, -0.05) is 0 Å². The van der Waals surface area contributed by atoms with Gasteiger partial charge in [-0.05, 0) is 38.1 Å². The highest BCUT2D eigenvalue weighted by molar-refractivity contribution is 8.02. The standard InChI is InChI=1S/C23H25F5N6O3S2/c1-13-20(39-14(2)32-13)16(29-3)11-38-12-31-19-5-4-15(8-30-19)21(35)34-7-6-33(9-17(34)23(26,27)28)22(36)37-10-18(24)25/h4-5,8,11,17-18H,3,6-7,9-10,12H2,1-2H3,(H,30,31)/b16-11-. The van der Waals surface area contributed by atoms with Crippen molar-refractivity contribution >= 4 is 53.3 Å². The average molecular weight is 593 g/mol. The van der Waals surface area contributed by atoms with E-state index < -0.39 is 50.3 Å². The summed E-state index contributed by atoms with van der Waals surface area (Å²) in [6, 6.07) is 0.466. The molecule has 1 aliphatic rings. The summed E-state index contributed by atoms with van der Waals surface area (Å²) in [5, 5.41) is 5.76. The molecule has 0 radical (unpaired) electrons. The first-order chi connectivity index (χ1) is 18.4. The Morgan fingerprint density at radius 3 is 2.64 bits per heavy atom. The Morgan fingerprint density at radius 2 is 2.08 bits per heavy atom. The number of rotatable bonds is 9. The molecular weight excluding hydrogens is 567 g/mol. The lowest BCUT2D eigenvalue weighted by molar-refractivity contribution is -0.187. The lowest BCUT2D eigenvalue weighted by atomic mass is 10.1. The van der Waals surface area contributed by atoms with Crippen molar-refractivity contribution in [3.8, 4) is 0 Å². The summed E-state index contributed by atoms with van der Waals surface area (Å²) < 4.78 is 70.1. The Kier molecular flexibility index (Phi) is 10.2. The summed E-state index contributed by atoms with van der Waals surface area (Å²) >= 11 is 2.89. The van der Waals surface area contributed by atoms with Crippen LogP contribution in [0.2, 0.25) is 0 Å². The van der Waals surface area contributed by atoms with Crippen LogP contribution >= 0.6 is 23.1 Å². The van der Waals surface area contributed by atoms with Crippen molar-refractivity contribution in [3.05, 3.63) is 44.9 Å². The van der Waals surface area contributed by atoms with Gasteiger partial charge in [0.05, 0.1) is 39.3 Å². The number of nitrogens with one attached hydrogen (secondary N) is 1. The molecule has 2 aromatic heterocycles. The molecule has 1 atom stereocenters. The Hall–Kier alpha value is -3.27. The molecule has 1 unspecified atom stereocenters. The molecule has 212 valence electrons. The van der Waals surface area contributed by atoms with Crippen molar-refractivity contribution in [1.29, 1.82) is 0 Å². The van der Waals surface area contributed by atoms with Crippen LogP contribution in [0.5, 0.6) is 0 Å². The van der Waals surface area contributed by atoms with E-state index in [-0.39, 0.29) is 12.1 Å². The molecule has 0 saturated carbocycles. The van der Waals surface area contributed by atoms with Crippen molar-refractivity contribution in [1.82, 2.24) is 19.8 Å². The van der Waals surface area contributed by atoms with Crippen LogP contribution < -0.4 is 5.32 Å². The van der Waals surface area contributed by atoms with Crippen molar-refractivity contribution in [2.75, 3.05) is 37.4 Å². The molecule has 2 amide bonds. The normalized spacial score (nSPS) is 16.4. The molecule has 1 aliphatic heterocycles. The van der Waals surface area contributed by atoms with Crippen molar-refractivity contribution in [2.45, 2.75) is 32.5 Å². The number of carbonyl (C=O) groups excluding carboxylic acids is 2. The van der Waals surface area contributed by atoms with Gasteiger partial charge >= 0.3 is 12.3 Å². The first-order valence-corrected chi connectivity index (χ1v) is 13.3. The largest absolute Gasteiger partial charge is 0.443 e. The number of ether oxygens (including phenoxy) is 1. The number of alkyl halides is 5. The van der Waals surface area contributed by atoms with E-state index in [9.17, 15) is 31.5 Å². The van der Waals surface area contributed by atoms with E-state index in [0.29, 0.717) is 27.2 Å². The first-order valence-electron chi connectivity index (χ1n) is 11.4. The number of piperazine rings is 1. The van der Waals surface area contributed by atoms with E-state index in [0.717, 1.165) is 21.8 Å². The second kappa shape index (κ2) is 13.2. The van der Waals surface area contributed by atoms with Gasteiger partial charge in [0.1, 0.15) is 11.9 Å². The van der Waals surface area contributed by atoms with Gasteiger partial charge in [0.2, 0.25) is 0 Å². The molecule has 39 heavy (non-hydrogen) atoms. The number of nitrogens with zero attached hydrogens (tertiary/aromatic N) is 5. The number of pyridine rings is 1. The fourth-order valence-corrected chi connectivity index (χ4v) is 5.29. The highest BCUT2D eigenvalue weighted by Crippen LogP contribution is 2.30. The summed E-state index contributed by atoms with van der Waals surface area (Å²) in [6.07, 6.45) is -7.96. The van der Waals surface area contributed by atoms with Crippen LogP contribution in [-0.4, -0.2) is 89.2 Å². The van der Waals surface area contributed by atoms with Gasteiger partial charge in [-0.25, -0.2) is 23.5 Å². The fourth-order valence-electron chi connectivity index (χ4n) is 3.66. The zero-order chi connectivity index (χ0) is 28.7. The minimum absolute atomic E-state index is 0.0785. The predicted octanol–water partition coefficient (Wildman–Crippen LogP) is 5.05. The summed E-state index contributed by atoms with van der Waals surface area (Å²) in [4.78, 5) is 39.5. The lowest BCUT2D eigenvalue weighted by Gasteiger charge is -2.41. The third-order valence-electron chi connectivity index (χ3n) is 5.46. The van der Waals surface area contributed by atoms with Gasteiger partial charge in [-0.3, -0.25) is 9.79 Å². The van der Waals surface area contributed by atoms with Crippen molar-refractivity contribution < 1.29 is 36.3 Å². The molecule has 9 nitrogen and oxygen atoms in total. The van der Waals surface area contributed by atoms with Gasteiger partial charge in [-0.15, -0.1) is 23.1 Å². The quantitative estimate of drug-likeness (QED) is 0.188. The zero-order valence-corrected chi connectivity index (χ0v) is 22.5. The molecule has 16 heteroatoms. The van der Waals surface area contributed by atoms with Crippen LogP contribution in [0.25, 0.3) is 5.70 Å². The molecule has 3 rings (SSSR count). The van der Waals surface area contributed by atoms with Crippen molar-refractivity contribution in [2.24, 2.45) is 4.99 Å². The minimum atomic E-state index is -4.87. The van der Waals surface area contributed by atoms with Crippen LogP contribution in [0, 0.1) is 13.8 Å². The second-order valence-corrected chi connectivity index (χ2v) is 10.3. The maximum atomic E-state index is 13.7. The Labute approximate surface area is 229 Å². The third kappa shape index (κ3) is 8.11. The van der Waals surface area contributed by atoms with Gasteiger partial charge in [-0.2, -0.15) is 13.2 Å². The second-order valence-electron chi connectivity index (χ2n) is 8.20. The Morgan fingerprint density at radius 1 is 1.33 bits per heavy atom. The van der Waals surface area contributed by atoms with Crippen LogP contribution in [0.3, 0.4) is 0 Å². The van der Waals surface area contributed by atoms with Gasteiger partial charge in [0.15, 0.2) is 6.61 Å². The van der Waals surface area contributed by atoms with E-state index in [1.807, 2.05) is 19.3 Å². The number of carbonyl (C=O) groups is 2. The number of hydrogen-bond acceptors (Lipinski definition) is 9. The highest BCUT2D eigenvalue weighted by Gasteiger charge is 2.49. The number of halogens is 5. The number of aliphatic imine (C=N–C) groups is 1. The Balaban J connectivity index is 1.60. The molecular formula is C23H25F5N6O3S2. The number of hydrogen-bond donors (Lipinski definition) is 1. The number of aryl methyl sites for hydroxylation is 2. The number of amides is 2. The van der Waals surface area contributed by atoms with Crippen LogP contribution in [-0.2, 0) is 4.74 Å². The zero-order valence-electron chi connectivity index (χ0n) is 20.9. The Bertz CT molecular complexity index is 1210. The SMILES string of the molecule is C=N/C(=C\SCNc1ccc(C(=O)N2CCN(C(=O)OCC(F)F)CC2C(F)(F)F)cn1)c1sc(C)nc1C. The molecule has 1 fully saturated rings. The van der Waals surface area contributed by atoms with E-state index >= 15 is 0 Å². The van der Waals surface area contributed by atoms with Crippen LogP contribution in [0.4, 0.5) is 32.6 Å². The lowest BCUT2D eigenvalue weighted by Crippen LogP contribution is -2.61. The molecule has 0 spiro atoms. The van der Waals surface area contributed by atoms with E-state index in [1.54, 1.807) is 0 Å². The minimum Gasteiger partial charge on any atom is -0.443 e. The number of anilines is 1. The first kappa shape index (κ1) is 30.3. The molecule has 1 saturated heterocycles. The van der Waals surface area contributed by atoms with Crippen LogP contribution in [0.15, 0.2) is 28.7 Å². The molecule has 0 bridgehead atoms. The van der Waals surface area contributed by atoms with E-state index in [2.05, 4.69) is 31.7 Å². The number of aromatic nitrogens is 2. The molecule has 0 aromatic carbocycles. The number of thioether (sulfide) groups is 1. The molecule has 0 aliphatic carbocycles. The maximum Gasteiger partial charge on any atom is 0.410 e. The van der Waals surface area contributed by atoms with Crippen LogP contribution in [0.1, 0.15) is 25.9 Å². The molecule has 2 aromatic rings. The van der Waals surface area contributed by atoms with Gasteiger partial charge in [0, 0.05) is 19.3 Å². The van der Waals surface area contributed by atoms with Gasteiger partial charge in [0.25, 0.3) is 12.3 Å². The summed E-state index contributed by atoms with van der Waals surface area (Å²) in [5.74, 6) is -0.147. The maximum absolute atomic E-state index is 13.7. The fraction of sp³-hybridized carbons (Fsp3) is 0.435. The van der Waals surface area contributed by atoms with E-state index in [4.69, 9.17) is 0 Å². The summed E-state index contributed by atoms with van der Waals surface area (Å²) in [7, 11) is 0. The predicted molar refractivity (Wildman–Crippen MR) is 139 cm³/mol. The van der Waals surface area contributed by atoms with E-state index in [1.165, 1.54) is 35.2 Å². The third-order valence-corrected chi connectivity index (χ3v) is 7.25. The topological polar surface area (TPSA) is 100 Å². The molecule has 1 N–H and O–H groups in total. The smallest absolute Gasteiger partial charge is 0.410 e. The summed E-state index contributed by atoms with van der Waals surface area (Å²) in [5.41, 5.74) is 1.46. The summed E-state index contributed by atoms with van der Waals surface area (Å²) in [6.45, 7) is 4.44. The molecule has 3 heterocycles. The monoisotopic (exact) mass is 592 g/mol. The van der Waals surface area contributed by atoms with Crippen molar-refractivity contribution in [3.63, 3.8) is 0 Å². The van der Waals surface area contributed by atoms with Gasteiger partial charge < -0.3 is 19.9 Å². The average Bonchev–Trinajstić information content (AvgIpc) is 3.23. The highest BCUT2D eigenvalue weighted by atomic mass is 32.2. The number of thiazole rings is 1.